The van der Waals surface area contributed by atoms with Crippen molar-refractivity contribution in [3.8, 4) is 5.75 Å². The van der Waals surface area contributed by atoms with Gasteiger partial charge in [-0.2, -0.15) is 0 Å². The average molecular weight is 424 g/mol. The largest absolute Gasteiger partial charge is 0.508 e. The quantitative estimate of drug-likeness (QED) is 0.530. The maximum atomic E-state index is 13.3. The van der Waals surface area contributed by atoms with Crippen molar-refractivity contribution in [2.24, 2.45) is 0 Å². The smallest absolute Gasteiger partial charge is 0.207 e. The second-order valence-corrected chi connectivity index (χ2v) is 10.3. The lowest BCUT2D eigenvalue weighted by Crippen LogP contribution is -2.07. The van der Waals surface area contributed by atoms with Gasteiger partial charge in [0.2, 0.25) is 19.7 Å². The molecule has 1 N–H and O–H groups in total. The number of sulfone groups is 2. The molecule has 29 heavy (non-hydrogen) atoms. The van der Waals surface area contributed by atoms with Gasteiger partial charge in [-0.15, -0.1) is 0 Å². The summed E-state index contributed by atoms with van der Waals surface area (Å²) in [6, 6.07) is 22.4. The maximum absolute atomic E-state index is 13.3. The summed E-state index contributed by atoms with van der Waals surface area (Å²) in [7, 11) is -7.94. The Morgan fingerprint density at radius 3 is 1.69 bits per heavy atom. The molecule has 4 rings (SSSR count). The maximum Gasteiger partial charge on any atom is 0.207 e. The van der Waals surface area contributed by atoms with E-state index in [-0.39, 0.29) is 25.3 Å². The second kappa shape index (κ2) is 7.02. The molecule has 4 aromatic carbocycles. The van der Waals surface area contributed by atoms with Crippen LogP contribution in [0.25, 0.3) is 10.8 Å². The van der Waals surface area contributed by atoms with Crippen molar-refractivity contribution in [3.63, 3.8) is 0 Å². The third kappa shape index (κ3) is 3.39. The topological polar surface area (TPSA) is 88.5 Å². The van der Waals surface area contributed by atoms with Crippen molar-refractivity contribution in [3.05, 3.63) is 91.0 Å². The summed E-state index contributed by atoms with van der Waals surface area (Å²) in [5, 5.41) is 10.5. The van der Waals surface area contributed by atoms with Crippen LogP contribution in [0.3, 0.4) is 0 Å². The number of phenolic OH excluding ortho intramolecular Hbond substituents is 1. The summed E-state index contributed by atoms with van der Waals surface area (Å²) >= 11 is 0. The molecule has 0 fully saturated rings. The van der Waals surface area contributed by atoms with Gasteiger partial charge in [-0.25, -0.2) is 16.8 Å². The molecular weight excluding hydrogens is 408 g/mol. The van der Waals surface area contributed by atoms with E-state index in [2.05, 4.69) is 0 Å². The first-order chi connectivity index (χ1) is 13.8. The minimum absolute atomic E-state index is 0.0579. The molecule has 0 spiro atoms. The molecule has 5 nitrogen and oxygen atoms in total. The zero-order valence-electron chi connectivity index (χ0n) is 15.1. The molecule has 0 saturated heterocycles. The molecule has 7 heteroatoms. The highest BCUT2D eigenvalue weighted by atomic mass is 32.2. The number of hydrogen-bond donors (Lipinski definition) is 1. The minimum atomic E-state index is -3.99. The predicted molar refractivity (Wildman–Crippen MR) is 109 cm³/mol. The Morgan fingerprint density at radius 2 is 1.10 bits per heavy atom. The van der Waals surface area contributed by atoms with E-state index in [1.807, 2.05) is 0 Å². The van der Waals surface area contributed by atoms with E-state index >= 15 is 0 Å². The van der Waals surface area contributed by atoms with Gasteiger partial charge in [0.15, 0.2) is 0 Å². The van der Waals surface area contributed by atoms with Crippen molar-refractivity contribution >= 4 is 30.4 Å². The SMILES string of the molecule is O=S(=O)(c1ccccc1)c1cc(S(=O)(=O)c2ccccc2)c2ccc(O)cc2c1. The molecule has 0 aliphatic carbocycles. The normalized spacial score (nSPS) is 12.1. The summed E-state index contributed by atoms with van der Waals surface area (Å²) in [5.74, 6) is -0.0881. The van der Waals surface area contributed by atoms with Gasteiger partial charge in [-0.05, 0) is 60.0 Å². The van der Waals surface area contributed by atoms with Crippen LogP contribution >= 0.6 is 0 Å². The zero-order chi connectivity index (χ0) is 20.6. The van der Waals surface area contributed by atoms with Gasteiger partial charge in [0, 0.05) is 5.39 Å². The molecule has 0 amide bonds. The van der Waals surface area contributed by atoms with Crippen LogP contribution in [0.2, 0.25) is 0 Å². The van der Waals surface area contributed by atoms with Gasteiger partial charge >= 0.3 is 0 Å². The lowest BCUT2D eigenvalue weighted by molar-refractivity contribution is 0.476. The Labute approximate surface area is 168 Å². The van der Waals surface area contributed by atoms with Crippen LogP contribution in [0, 0.1) is 0 Å². The van der Waals surface area contributed by atoms with E-state index in [1.54, 1.807) is 36.4 Å². The van der Waals surface area contributed by atoms with Gasteiger partial charge in [-0.1, -0.05) is 36.4 Å². The fourth-order valence-corrected chi connectivity index (χ4v) is 6.08. The van der Waals surface area contributed by atoms with E-state index in [0.717, 1.165) is 0 Å². The first-order valence-electron chi connectivity index (χ1n) is 8.67. The Balaban J connectivity index is 2.05. The van der Waals surface area contributed by atoms with Gasteiger partial charge in [0.25, 0.3) is 0 Å². The molecule has 0 saturated carbocycles. The Hall–Kier alpha value is -3.16. The molecule has 0 aliphatic heterocycles. The average Bonchev–Trinajstić information content (AvgIpc) is 2.74. The van der Waals surface area contributed by atoms with Crippen LogP contribution in [0.5, 0.6) is 5.75 Å². The van der Waals surface area contributed by atoms with Crippen LogP contribution < -0.4 is 0 Å². The number of benzene rings is 4. The highest BCUT2D eigenvalue weighted by Gasteiger charge is 2.25. The van der Waals surface area contributed by atoms with Crippen molar-refractivity contribution in [2.75, 3.05) is 0 Å². The van der Waals surface area contributed by atoms with E-state index < -0.39 is 19.7 Å². The number of hydrogen-bond acceptors (Lipinski definition) is 5. The van der Waals surface area contributed by atoms with Gasteiger partial charge in [0.05, 0.1) is 19.6 Å². The second-order valence-electron chi connectivity index (χ2n) is 6.46. The third-order valence-electron chi connectivity index (χ3n) is 4.58. The van der Waals surface area contributed by atoms with Gasteiger partial charge in [-0.3, -0.25) is 0 Å². The third-order valence-corrected chi connectivity index (χ3v) is 8.14. The van der Waals surface area contributed by atoms with Crippen molar-refractivity contribution in [2.45, 2.75) is 19.6 Å². The van der Waals surface area contributed by atoms with E-state index in [9.17, 15) is 21.9 Å². The molecule has 0 unspecified atom stereocenters. The minimum Gasteiger partial charge on any atom is -0.508 e. The summed E-state index contributed by atoms with van der Waals surface area (Å²) in [5.41, 5.74) is 0. The molecule has 0 radical (unpaired) electrons. The Bertz CT molecular complexity index is 1410. The van der Waals surface area contributed by atoms with Crippen molar-refractivity contribution < 1.29 is 21.9 Å². The van der Waals surface area contributed by atoms with Crippen LogP contribution in [0.15, 0.2) is 111 Å². The van der Waals surface area contributed by atoms with Gasteiger partial charge in [0.1, 0.15) is 5.75 Å². The summed E-state index contributed by atoms with van der Waals surface area (Å²) in [6.45, 7) is 0. The number of aromatic hydroxyl groups is 1. The molecule has 0 atom stereocenters. The van der Waals surface area contributed by atoms with Crippen molar-refractivity contribution in [1.29, 1.82) is 0 Å². The molecule has 4 aromatic rings. The van der Waals surface area contributed by atoms with Crippen LogP contribution in [-0.4, -0.2) is 21.9 Å². The van der Waals surface area contributed by atoms with Gasteiger partial charge < -0.3 is 5.11 Å². The van der Waals surface area contributed by atoms with Crippen LogP contribution in [0.1, 0.15) is 0 Å². The molecule has 0 heterocycles. The number of rotatable bonds is 4. The van der Waals surface area contributed by atoms with Crippen molar-refractivity contribution in [1.82, 2.24) is 0 Å². The fourth-order valence-electron chi connectivity index (χ4n) is 3.14. The standard InChI is InChI=1S/C22H16O5S2/c23-17-11-12-21-16(13-17)14-20(28(24,25)18-7-3-1-4-8-18)15-22(21)29(26,27)19-9-5-2-6-10-19/h1-15,23H. The highest BCUT2D eigenvalue weighted by Crippen LogP contribution is 2.34. The lowest BCUT2D eigenvalue weighted by Gasteiger charge is -2.12. The van der Waals surface area contributed by atoms with Crippen LogP contribution in [0.4, 0.5) is 0 Å². The lowest BCUT2D eigenvalue weighted by atomic mass is 10.1. The van der Waals surface area contributed by atoms with Crippen LogP contribution in [-0.2, 0) is 19.7 Å². The molecular formula is C22H16O5S2. The first kappa shape index (κ1) is 19.2. The summed E-state index contributed by atoms with van der Waals surface area (Å²) in [6.07, 6.45) is 0. The fraction of sp³-hybridized carbons (Fsp3) is 0. The summed E-state index contributed by atoms with van der Waals surface area (Å²) in [4.78, 5) is -0.168. The molecule has 0 bridgehead atoms. The van der Waals surface area contributed by atoms with E-state index in [1.165, 1.54) is 54.6 Å². The molecule has 0 aromatic heterocycles. The van der Waals surface area contributed by atoms with E-state index in [0.29, 0.717) is 10.8 Å². The number of phenols is 1. The monoisotopic (exact) mass is 424 g/mol. The summed E-state index contributed by atoms with van der Waals surface area (Å²) < 4.78 is 52.8. The first-order valence-corrected chi connectivity index (χ1v) is 11.6. The highest BCUT2D eigenvalue weighted by molar-refractivity contribution is 7.92. The number of fused-ring (bicyclic) bond motifs is 1. The Morgan fingerprint density at radius 1 is 0.552 bits per heavy atom. The predicted octanol–water partition coefficient (Wildman–Crippen LogP) is 4.21. The molecule has 0 aliphatic rings. The molecule has 146 valence electrons. The zero-order valence-corrected chi connectivity index (χ0v) is 16.7. The Kier molecular flexibility index (Phi) is 4.64. The van der Waals surface area contributed by atoms with E-state index in [4.69, 9.17) is 0 Å².